The normalized spacial score (nSPS) is 21.0. The third-order valence-corrected chi connectivity index (χ3v) is 6.62. The van der Waals surface area contributed by atoms with Crippen molar-refractivity contribution in [2.24, 2.45) is 11.7 Å². The second-order valence-electron chi connectivity index (χ2n) is 9.06. The molecule has 0 saturated carbocycles. The molecule has 0 aromatic heterocycles. The molecule has 3 amide bonds. The molecule has 3 N–H and O–H groups in total. The van der Waals surface area contributed by atoms with Crippen molar-refractivity contribution < 1.29 is 14.4 Å². The van der Waals surface area contributed by atoms with Gasteiger partial charge in [0.25, 0.3) is 0 Å². The van der Waals surface area contributed by atoms with Gasteiger partial charge in [0.2, 0.25) is 17.7 Å². The van der Waals surface area contributed by atoms with Crippen LogP contribution in [0.1, 0.15) is 36.8 Å². The highest BCUT2D eigenvalue weighted by Crippen LogP contribution is 2.23. The second kappa shape index (κ2) is 10.6. The van der Waals surface area contributed by atoms with Gasteiger partial charge in [-0.1, -0.05) is 42.5 Å². The van der Waals surface area contributed by atoms with Gasteiger partial charge in [-0.3, -0.25) is 19.3 Å². The zero-order chi connectivity index (χ0) is 23.2. The largest absolute Gasteiger partial charge is 0.368 e. The number of likely N-dealkylation sites (tertiary alicyclic amines) is 2. The molecule has 2 saturated heterocycles. The van der Waals surface area contributed by atoms with Gasteiger partial charge in [-0.25, -0.2) is 0 Å². The van der Waals surface area contributed by atoms with Crippen molar-refractivity contribution in [3.8, 4) is 0 Å². The number of primary amides is 1. The van der Waals surface area contributed by atoms with E-state index in [1.165, 1.54) is 0 Å². The summed E-state index contributed by atoms with van der Waals surface area (Å²) < 4.78 is 0. The Balaban J connectivity index is 1.33. The number of carbonyl (C=O) groups excluding carboxylic acids is 3. The van der Waals surface area contributed by atoms with E-state index in [0.29, 0.717) is 26.1 Å². The van der Waals surface area contributed by atoms with Gasteiger partial charge in [-0.2, -0.15) is 0 Å². The number of nitrogens with zero attached hydrogens (tertiary/aromatic N) is 2. The van der Waals surface area contributed by atoms with Crippen LogP contribution >= 0.6 is 0 Å². The van der Waals surface area contributed by atoms with Crippen LogP contribution < -0.4 is 11.1 Å². The molecule has 2 atom stereocenters. The van der Waals surface area contributed by atoms with Crippen molar-refractivity contribution in [3.63, 3.8) is 0 Å². The molecule has 33 heavy (non-hydrogen) atoms. The van der Waals surface area contributed by atoms with Crippen LogP contribution in [0.15, 0.2) is 54.6 Å². The lowest BCUT2D eigenvalue weighted by atomic mass is 9.96. The first-order valence-electron chi connectivity index (χ1n) is 11.7. The van der Waals surface area contributed by atoms with Crippen LogP contribution in [0.3, 0.4) is 0 Å². The van der Waals surface area contributed by atoms with Gasteiger partial charge in [0.1, 0.15) is 0 Å². The van der Waals surface area contributed by atoms with Gasteiger partial charge in [-0.05, 0) is 55.5 Å². The molecular weight excluding hydrogens is 416 g/mol. The van der Waals surface area contributed by atoms with E-state index in [0.717, 1.165) is 49.0 Å². The lowest BCUT2D eigenvalue weighted by Gasteiger charge is -2.32. The quantitative estimate of drug-likeness (QED) is 0.681. The number of nitrogens with one attached hydrogen (secondary N) is 1. The van der Waals surface area contributed by atoms with E-state index in [1.807, 2.05) is 59.5 Å². The minimum atomic E-state index is -0.277. The Labute approximate surface area is 194 Å². The van der Waals surface area contributed by atoms with Crippen LogP contribution in [0, 0.1) is 5.92 Å². The van der Waals surface area contributed by atoms with Crippen LogP contribution in [-0.2, 0) is 27.3 Å². The molecule has 174 valence electrons. The van der Waals surface area contributed by atoms with Crippen molar-refractivity contribution in [3.05, 3.63) is 65.7 Å². The molecule has 2 aromatic carbocycles. The van der Waals surface area contributed by atoms with Crippen molar-refractivity contribution >= 4 is 23.4 Å². The fraction of sp³-hybridized carbons (Fsp3) is 0.423. The summed E-state index contributed by atoms with van der Waals surface area (Å²) in [5.74, 6) is -0.489. The van der Waals surface area contributed by atoms with E-state index in [-0.39, 0.29) is 29.7 Å². The van der Waals surface area contributed by atoms with Gasteiger partial charge in [0, 0.05) is 25.3 Å². The fourth-order valence-electron chi connectivity index (χ4n) is 4.86. The first-order chi connectivity index (χ1) is 16.0. The Morgan fingerprint density at radius 2 is 1.70 bits per heavy atom. The van der Waals surface area contributed by atoms with Crippen LogP contribution in [0.4, 0.5) is 5.69 Å². The molecule has 0 radical (unpaired) electrons. The second-order valence-corrected chi connectivity index (χ2v) is 9.06. The predicted octanol–water partition coefficient (Wildman–Crippen LogP) is 2.56. The Bertz CT molecular complexity index is 994. The Hall–Kier alpha value is -3.19. The zero-order valence-corrected chi connectivity index (χ0v) is 18.9. The molecule has 2 unspecified atom stereocenters. The Morgan fingerprint density at radius 1 is 0.939 bits per heavy atom. The van der Waals surface area contributed by atoms with Crippen LogP contribution in [-0.4, -0.2) is 53.2 Å². The van der Waals surface area contributed by atoms with Crippen LogP contribution in [0.2, 0.25) is 0 Å². The SMILES string of the molecule is NC(=O)C1CCCN1Cc1cccc(NC(=O)C2CCCN(C(=O)Cc3ccccc3)C2)c1. The van der Waals surface area contributed by atoms with Crippen LogP contribution in [0.25, 0.3) is 0 Å². The molecule has 0 spiro atoms. The summed E-state index contributed by atoms with van der Waals surface area (Å²) in [5, 5.41) is 3.03. The van der Waals surface area contributed by atoms with Crippen LogP contribution in [0.5, 0.6) is 0 Å². The van der Waals surface area contributed by atoms with E-state index >= 15 is 0 Å². The first kappa shape index (κ1) is 23.0. The topological polar surface area (TPSA) is 95.7 Å². The summed E-state index contributed by atoms with van der Waals surface area (Å²) >= 11 is 0. The van der Waals surface area contributed by atoms with E-state index in [9.17, 15) is 14.4 Å². The third kappa shape index (κ3) is 5.99. The van der Waals surface area contributed by atoms with Gasteiger partial charge in [0.15, 0.2) is 0 Å². The predicted molar refractivity (Wildman–Crippen MR) is 127 cm³/mol. The maximum Gasteiger partial charge on any atom is 0.234 e. The van der Waals surface area contributed by atoms with E-state index in [1.54, 1.807) is 0 Å². The standard InChI is InChI=1S/C26H32N4O3/c27-25(32)23-12-6-13-29(23)17-20-9-4-11-22(15-20)28-26(33)21-10-5-14-30(18-21)24(31)16-19-7-2-1-3-8-19/h1-4,7-9,11,15,21,23H,5-6,10,12-14,16-18H2,(H2,27,32)(H,28,33). The average Bonchev–Trinajstić information content (AvgIpc) is 3.28. The summed E-state index contributed by atoms with van der Waals surface area (Å²) in [6, 6.07) is 17.2. The molecule has 2 fully saturated rings. The lowest BCUT2D eigenvalue weighted by Crippen LogP contribution is -2.44. The molecule has 7 nitrogen and oxygen atoms in total. The van der Waals surface area contributed by atoms with Crippen molar-refractivity contribution in [1.29, 1.82) is 0 Å². The number of hydrogen-bond donors (Lipinski definition) is 2. The third-order valence-electron chi connectivity index (χ3n) is 6.62. The number of anilines is 1. The summed E-state index contributed by atoms with van der Waals surface area (Å²) in [4.78, 5) is 41.3. The number of amides is 3. The summed E-state index contributed by atoms with van der Waals surface area (Å²) in [7, 11) is 0. The van der Waals surface area contributed by atoms with Crippen molar-refractivity contribution in [1.82, 2.24) is 9.80 Å². The smallest absolute Gasteiger partial charge is 0.234 e. The number of piperidine rings is 1. The zero-order valence-electron chi connectivity index (χ0n) is 18.9. The number of hydrogen-bond acceptors (Lipinski definition) is 4. The average molecular weight is 449 g/mol. The number of benzene rings is 2. The molecule has 7 heteroatoms. The summed E-state index contributed by atoms with van der Waals surface area (Å²) in [5.41, 5.74) is 8.29. The van der Waals surface area contributed by atoms with Crippen molar-refractivity contribution in [2.45, 2.75) is 44.7 Å². The number of rotatable bonds is 7. The molecule has 2 aliphatic rings. The molecule has 2 aromatic rings. The summed E-state index contributed by atoms with van der Waals surface area (Å²) in [6.07, 6.45) is 3.72. The highest BCUT2D eigenvalue weighted by Gasteiger charge is 2.30. The highest BCUT2D eigenvalue weighted by molar-refractivity contribution is 5.93. The molecule has 2 aliphatic heterocycles. The highest BCUT2D eigenvalue weighted by atomic mass is 16.2. The van der Waals surface area contributed by atoms with Gasteiger partial charge in [0.05, 0.1) is 18.4 Å². The van der Waals surface area contributed by atoms with E-state index in [2.05, 4.69) is 10.2 Å². The fourth-order valence-corrected chi connectivity index (χ4v) is 4.86. The molecule has 2 heterocycles. The van der Waals surface area contributed by atoms with Crippen molar-refractivity contribution in [2.75, 3.05) is 25.0 Å². The van der Waals surface area contributed by atoms with E-state index in [4.69, 9.17) is 5.73 Å². The van der Waals surface area contributed by atoms with Gasteiger partial charge < -0.3 is 16.0 Å². The minimum absolute atomic E-state index is 0.0550. The minimum Gasteiger partial charge on any atom is -0.368 e. The van der Waals surface area contributed by atoms with E-state index < -0.39 is 0 Å². The molecule has 4 rings (SSSR count). The van der Waals surface area contributed by atoms with Gasteiger partial charge in [-0.15, -0.1) is 0 Å². The number of nitrogens with two attached hydrogens (primary N) is 1. The van der Waals surface area contributed by atoms with Gasteiger partial charge >= 0.3 is 0 Å². The number of carbonyl (C=O) groups is 3. The monoisotopic (exact) mass is 448 g/mol. The summed E-state index contributed by atoms with van der Waals surface area (Å²) in [6.45, 7) is 2.62. The first-order valence-corrected chi connectivity index (χ1v) is 11.7. The maximum atomic E-state index is 13.0. The molecule has 0 bridgehead atoms. The molecule has 0 aliphatic carbocycles. The molecular formula is C26H32N4O3. The lowest BCUT2D eigenvalue weighted by molar-refractivity contribution is -0.134. The Morgan fingerprint density at radius 3 is 2.48 bits per heavy atom. The Kier molecular flexibility index (Phi) is 7.40. The maximum absolute atomic E-state index is 13.0.